The Bertz CT molecular complexity index is 511. The van der Waals surface area contributed by atoms with Gasteiger partial charge in [-0.1, -0.05) is 0 Å². The maximum Gasteiger partial charge on any atom is 0.123 e. The van der Waals surface area contributed by atoms with Gasteiger partial charge in [0, 0.05) is 17.6 Å². The SMILES string of the molecule is N#Cc1ccc(F)cc1C1(O)CC2CCC(C1)N2. The number of rotatable bonds is 1. The second-order valence-corrected chi connectivity index (χ2v) is 5.38. The van der Waals surface area contributed by atoms with Crippen LogP contribution in [0.4, 0.5) is 4.39 Å². The van der Waals surface area contributed by atoms with Gasteiger partial charge in [0.05, 0.1) is 17.2 Å². The van der Waals surface area contributed by atoms with Crippen LogP contribution in [0.2, 0.25) is 0 Å². The molecule has 2 unspecified atom stereocenters. The third-order valence-electron chi connectivity index (χ3n) is 4.11. The van der Waals surface area contributed by atoms with Crippen molar-refractivity contribution in [3.05, 3.63) is 35.1 Å². The zero-order chi connectivity index (χ0) is 12.8. The molecule has 0 spiro atoms. The second-order valence-electron chi connectivity index (χ2n) is 5.38. The molecule has 0 saturated carbocycles. The number of hydrogen-bond acceptors (Lipinski definition) is 3. The molecule has 3 nitrogen and oxygen atoms in total. The van der Waals surface area contributed by atoms with Crippen LogP contribution in [0.15, 0.2) is 18.2 Å². The largest absolute Gasteiger partial charge is 0.385 e. The molecule has 2 aliphatic rings. The fourth-order valence-electron chi connectivity index (χ4n) is 3.34. The average Bonchev–Trinajstić information content (AvgIpc) is 2.69. The molecule has 2 fully saturated rings. The molecule has 0 aromatic heterocycles. The number of aliphatic hydroxyl groups is 1. The molecule has 2 saturated heterocycles. The quantitative estimate of drug-likeness (QED) is 0.794. The van der Waals surface area contributed by atoms with Crippen LogP contribution in [0.25, 0.3) is 0 Å². The van der Waals surface area contributed by atoms with Crippen molar-refractivity contribution in [3.8, 4) is 6.07 Å². The van der Waals surface area contributed by atoms with Crippen molar-refractivity contribution < 1.29 is 9.50 Å². The lowest BCUT2D eigenvalue weighted by atomic mass is 9.79. The summed E-state index contributed by atoms with van der Waals surface area (Å²) in [5.41, 5.74) is -0.242. The Labute approximate surface area is 105 Å². The normalized spacial score (nSPS) is 34.3. The Morgan fingerprint density at radius 1 is 1.33 bits per heavy atom. The number of fused-ring (bicyclic) bond motifs is 2. The first-order valence-electron chi connectivity index (χ1n) is 6.29. The minimum Gasteiger partial charge on any atom is -0.385 e. The first-order valence-corrected chi connectivity index (χ1v) is 6.29. The number of nitrogens with one attached hydrogen (secondary N) is 1. The molecule has 0 radical (unpaired) electrons. The number of piperidine rings is 1. The number of halogens is 1. The summed E-state index contributed by atoms with van der Waals surface area (Å²) in [6, 6.07) is 6.64. The van der Waals surface area contributed by atoms with Gasteiger partial charge in [-0.3, -0.25) is 0 Å². The lowest BCUT2D eigenvalue weighted by Crippen LogP contribution is -2.47. The minimum atomic E-state index is -1.07. The molecule has 2 atom stereocenters. The van der Waals surface area contributed by atoms with Crippen molar-refractivity contribution in [2.45, 2.75) is 43.4 Å². The van der Waals surface area contributed by atoms with E-state index < -0.39 is 11.4 Å². The number of hydrogen-bond donors (Lipinski definition) is 2. The fraction of sp³-hybridized carbons (Fsp3) is 0.500. The number of nitriles is 1. The number of benzene rings is 1. The summed E-state index contributed by atoms with van der Waals surface area (Å²) in [4.78, 5) is 0. The van der Waals surface area contributed by atoms with Crippen LogP contribution in [0.5, 0.6) is 0 Å². The third kappa shape index (κ3) is 1.80. The molecule has 4 heteroatoms. The highest BCUT2D eigenvalue weighted by atomic mass is 19.1. The second kappa shape index (κ2) is 4.04. The first kappa shape index (κ1) is 11.6. The molecule has 2 aliphatic heterocycles. The van der Waals surface area contributed by atoms with Crippen LogP contribution in [0, 0.1) is 17.1 Å². The molecule has 18 heavy (non-hydrogen) atoms. The van der Waals surface area contributed by atoms with E-state index in [0.717, 1.165) is 12.8 Å². The van der Waals surface area contributed by atoms with Crippen LogP contribution in [-0.2, 0) is 5.60 Å². The van der Waals surface area contributed by atoms with Gasteiger partial charge in [0.15, 0.2) is 0 Å². The molecular weight excluding hydrogens is 231 g/mol. The van der Waals surface area contributed by atoms with Crippen molar-refractivity contribution in [1.82, 2.24) is 5.32 Å². The summed E-state index contributed by atoms with van der Waals surface area (Å²) in [6.07, 6.45) is 3.21. The zero-order valence-electron chi connectivity index (χ0n) is 9.99. The first-order chi connectivity index (χ1) is 8.60. The van der Waals surface area contributed by atoms with Crippen molar-refractivity contribution in [3.63, 3.8) is 0 Å². The average molecular weight is 246 g/mol. The van der Waals surface area contributed by atoms with Crippen molar-refractivity contribution in [1.29, 1.82) is 5.26 Å². The van der Waals surface area contributed by atoms with E-state index in [1.165, 1.54) is 18.2 Å². The molecule has 1 aromatic carbocycles. The Kier molecular flexibility index (Phi) is 2.61. The van der Waals surface area contributed by atoms with E-state index in [1.807, 2.05) is 6.07 Å². The van der Waals surface area contributed by atoms with E-state index >= 15 is 0 Å². The van der Waals surface area contributed by atoms with Gasteiger partial charge in [0.1, 0.15) is 5.82 Å². The maximum atomic E-state index is 13.4. The van der Waals surface area contributed by atoms with Gasteiger partial charge in [-0.25, -0.2) is 4.39 Å². The maximum absolute atomic E-state index is 13.4. The van der Waals surface area contributed by atoms with Crippen molar-refractivity contribution >= 4 is 0 Å². The van der Waals surface area contributed by atoms with E-state index in [-0.39, 0.29) is 12.1 Å². The Morgan fingerprint density at radius 2 is 2.00 bits per heavy atom. The lowest BCUT2D eigenvalue weighted by Gasteiger charge is -2.38. The predicted molar refractivity (Wildman–Crippen MR) is 64.2 cm³/mol. The molecule has 3 rings (SSSR count). The Balaban J connectivity index is 2.03. The molecule has 94 valence electrons. The monoisotopic (exact) mass is 246 g/mol. The summed E-state index contributed by atoms with van der Waals surface area (Å²) < 4.78 is 13.4. The van der Waals surface area contributed by atoms with Crippen molar-refractivity contribution in [2.75, 3.05) is 0 Å². The van der Waals surface area contributed by atoms with Gasteiger partial charge in [0.25, 0.3) is 0 Å². The standard InChI is InChI=1S/C14H15FN2O/c15-10-2-1-9(8-16)13(5-10)14(18)6-11-3-4-12(7-14)17-11/h1-2,5,11-12,17-18H,3-4,6-7H2. The van der Waals surface area contributed by atoms with Crippen LogP contribution < -0.4 is 5.32 Å². The molecule has 2 N–H and O–H groups in total. The number of nitrogens with zero attached hydrogens (tertiary/aromatic N) is 1. The highest BCUT2D eigenvalue weighted by molar-refractivity contribution is 5.42. The topological polar surface area (TPSA) is 56.0 Å². The molecule has 1 aromatic rings. The van der Waals surface area contributed by atoms with Gasteiger partial charge < -0.3 is 10.4 Å². The molecule has 0 amide bonds. The fourth-order valence-corrected chi connectivity index (χ4v) is 3.34. The van der Waals surface area contributed by atoms with E-state index in [1.54, 1.807) is 0 Å². The summed E-state index contributed by atoms with van der Waals surface area (Å²) in [6.45, 7) is 0. The van der Waals surface area contributed by atoms with Gasteiger partial charge >= 0.3 is 0 Å². The summed E-state index contributed by atoms with van der Waals surface area (Å²) in [5, 5.41) is 23.3. The molecule has 2 heterocycles. The predicted octanol–water partition coefficient (Wildman–Crippen LogP) is 1.80. The van der Waals surface area contributed by atoms with Crippen LogP contribution in [0.1, 0.15) is 36.8 Å². The van der Waals surface area contributed by atoms with E-state index in [9.17, 15) is 9.50 Å². The van der Waals surface area contributed by atoms with Gasteiger partial charge in [-0.15, -0.1) is 0 Å². The Hall–Kier alpha value is -1.44. The van der Waals surface area contributed by atoms with Crippen LogP contribution in [0.3, 0.4) is 0 Å². The van der Waals surface area contributed by atoms with Crippen LogP contribution >= 0.6 is 0 Å². The third-order valence-corrected chi connectivity index (χ3v) is 4.11. The van der Waals surface area contributed by atoms with E-state index in [2.05, 4.69) is 5.32 Å². The summed E-state index contributed by atoms with van der Waals surface area (Å²) in [5.74, 6) is -0.400. The minimum absolute atomic E-state index is 0.281. The van der Waals surface area contributed by atoms with Gasteiger partial charge in [-0.05, 0) is 43.9 Å². The zero-order valence-corrected chi connectivity index (χ0v) is 9.99. The molecular formula is C14H15FN2O. The Morgan fingerprint density at radius 3 is 2.61 bits per heavy atom. The molecule has 2 bridgehead atoms. The van der Waals surface area contributed by atoms with Crippen molar-refractivity contribution in [2.24, 2.45) is 0 Å². The van der Waals surface area contributed by atoms with E-state index in [0.29, 0.717) is 24.0 Å². The summed E-state index contributed by atoms with van der Waals surface area (Å²) >= 11 is 0. The highest BCUT2D eigenvalue weighted by Crippen LogP contribution is 2.41. The smallest absolute Gasteiger partial charge is 0.123 e. The van der Waals surface area contributed by atoms with Gasteiger partial charge in [-0.2, -0.15) is 5.26 Å². The highest BCUT2D eigenvalue weighted by Gasteiger charge is 2.44. The molecule has 0 aliphatic carbocycles. The van der Waals surface area contributed by atoms with E-state index in [4.69, 9.17) is 5.26 Å². The lowest BCUT2D eigenvalue weighted by molar-refractivity contribution is -0.0119. The van der Waals surface area contributed by atoms with Crippen LogP contribution in [-0.4, -0.2) is 17.2 Å². The van der Waals surface area contributed by atoms with Gasteiger partial charge in [0.2, 0.25) is 0 Å². The summed E-state index contributed by atoms with van der Waals surface area (Å²) in [7, 11) is 0.